The summed E-state index contributed by atoms with van der Waals surface area (Å²) in [6, 6.07) is 1.68. The van der Waals surface area contributed by atoms with E-state index in [0.29, 0.717) is 5.56 Å². The van der Waals surface area contributed by atoms with Gasteiger partial charge in [0.05, 0.1) is 5.56 Å². The summed E-state index contributed by atoms with van der Waals surface area (Å²) in [5, 5.41) is 8.18. The molecule has 1 N–H and O–H groups in total. The van der Waals surface area contributed by atoms with Gasteiger partial charge in [-0.1, -0.05) is 5.92 Å². The average Bonchev–Trinajstić information content (AvgIpc) is 2.31. The Balaban J connectivity index is 2.82. The zero-order chi connectivity index (χ0) is 8.27. The Bertz CT molecular complexity index is 325. The Morgan fingerprint density at radius 1 is 1.73 bits per heavy atom. The van der Waals surface area contributed by atoms with E-state index in [1.165, 1.54) is 6.26 Å². The van der Waals surface area contributed by atoms with Crippen LogP contribution in [0.5, 0.6) is 0 Å². The molecular formula is C8H6O3. The number of rotatable bonds is 0. The maximum Gasteiger partial charge on any atom is 0.382 e. The molecule has 0 saturated carbocycles. The molecule has 0 amide bonds. The van der Waals surface area contributed by atoms with E-state index in [9.17, 15) is 4.79 Å². The van der Waals surface area contributed by atoms with Gasteiger partial charge in [0, 0.05) is 5.92 Å². The molecule has 0 bridgehead atoms. The van der Waals surface area contributed by atoms with E-state index in [4.69, 9.17) is 9.52 Å². The van der Waals surface area contributed by atoms with Gasteiger partial charge in [0.1, 0.15) is 12.0 Å². The van der Waals surface area contributed by atoms with Crippen molar-refractivity contribution >= 4 is 5.97 Å². The highest BCUT2D eigenvalue weighted by molar-refractivity contribution is 5.87. The molecule has 0 aliphatic rings. The fourth-order valence-corrected chi connectivity index (χ4v) is 0.635. The lowest BCUT2D eigenvalue weighted by atomic mass is 10.3. The Hall–Kier alpha value is -1.69. The molecule has 1 aromatic rings. The van der Waals surface area contributed by atoms with Gasteiger partial charge in [-0.15, -0.1) is 0 Å². The lowest BCUT2D eigenvalue weighted by Crippen LogP contribution is -1.86. The minimum Gasteiger partial charge on any atom is -0.472 e. The van der Waals surface area contributed by atoms with E-state index in [1.54, 1.807) is 13.0 Å². The smallest absolute Gasteiger partial charge is 0.382 e. The lowest BCUT2D eigenvalue weighted by molar-refractivity contribution is -0.130. The standard InChI is InChI=1S/C8H6O3/c1-6-4-7(5-11-6)2-3-8(9)10/h4-5H,1H3,(H,9,10). The van der Waals surface area contributed by atoms with Gasteiger partial charge >= 0.3 is 5.97 Å². The molecule has 1 rings (SSSR count). The molecule has 1 aromatic heterocycles. The molecule has 0 atom stereocenters. The van der Waals surface area contributed by atoms with Crippen LogP contribution in [-0.2, 0) is 4.79 Å². The van der Waals surface area contributed by atoms with Crippen LogP contribution in [0.25, 0.3) is 0 Å². The summed E-state index contributed by atoms with van der Waals surface area (Å²) in [7, 11) is 0. The number of aliphatic carboxylic acids is 1. The molecule has 1 heterocycles. The third kappa shape index (κ3) is 2.18. The van der Waals surface area contributed by atoms with Gasteiger partial charge in [0.15, 0.2) is 0 Å². The summed E-state index contributed by atoms with van der Waals surface area (Å²) in [4.78, 5) is 9.98. The fraction of sp³-hybridized carbons (Fsp3) is 0.125. The highest BCUT2D eigenvalue weighted by Gasteiger charge is 1.92. The third-order valence-corrected chi connectivity index (χ3v) is 1.04. The van der Waals surface area contributed by atoms with Crippen LogP contribution in [0.4, 0.5) is 0 Å². The Labute approximate surface area is 63.6 Å². The molecular weight excluding hydrogens is 144 g/mol. The maximum atomic E-state index is 9.98. The minimum absolute atomic E-state index is 0.588. The molecule has 3 heteroatoms. The van der Waals surface area contributed by atoms with Gasteiger partial charge in [-0.3, -0.25) is 0 Å². The van der Waals surface area contributed by atoms with Crippen molar-refractivity contribution in [3.05, 3.63) is 23.7 Å². The van der Waals surface area contributed by atoms with Crippen molar-refractivity contribution in [1.29, 1.82) is 0 Å². The van der Waals surface area contributed by atoms with Crippen LogP contribution in [0.1, 0.15) is 11.3 Å². The van der Waals surface area contributed by atoms with E-state index < -0.39 is 5.97 Å². The Morgan fingerprint density at radius 2 is 2.45 bits per heavy atom. The quantitative estimate of drug-likeness (QED) is 0.562. The van der Waals surface area contributed by atoms with Crippen LogP contribution in [0, 0.1) is 18.8 Å². The molecule has 0 saturated heterocycles. The number of carboxylic acid groups (broad SMARTS) is 1. The van der Waals surface area contributed by atoms with Gasteiger partial charge in [0.25, 0.3) is 0 Å². The highest BCUT2D eigenvalue weighted by Crippen LogP contribution is 2.03. The van der Waals surface area contributed by atoms with Crippen LogP contribution in [0.2, 0.25) is 0 Å². The first kappa shape index (κ1) is 7.42. The first-order valence-electron chi connectivity index (χ1n) is 2.98. The summed E-state index contributed by atoms with van der Waals surface area (Å²) in [5.74, 6) is 3.99. The maximum absolute atomic E-state index is 9.98. The molecule has 0 spiro atoms. The highest BCUT2D eigenvalue weighted by atomic mass is 16.4. The first-order valence-corrected chi connectivity index (χ1v) is 2.98. The third-order valence-electron chi connectivity index (χ3n) is 1.04. The summed E-state index contributed by atoms with van der Waals surface area (Å²) in [6.45, 7) is 1.77. The van der Waals surface area contributed by atoms with Gasteiger partial charge in [0.2, 0.25) is 0 Å². The second-order valence-electron chi connectivity index (χ2n) is 2.00. The van der Waals surface area contributed by atoms with Crippen molar-refractivity contribution in [3.63, 3.8) is 0 Å². The van der Waals surface area contributed by atoms with E-state index >= 15 is 0 Å². The monoisotopic (exact) mass is 150 g/mol. The molecule has 0 fully saturated rings. The molecule has 0 radical (unpaired) electrons. The zero-order valence-corrected chi connectivity index (χ0v) is 5.92. The van der Waals surface area contributed by atoms with Gasteiger partial charge in [-0.25, -0.2) is 4.79 Å². The van der Waals surface area contributed by atoms with Crippen molar-refractivity contribution in [1.82, 2.24) is 0 Å². The Morgan fingerprint density at radius 3 is 2.91 bits per heavy atom. The van der Waals surface area contributed by atoms with Gasteiger partial charge in [-0.05, 0) is 13.0 Å². The van der Waals surface area contributed by atoms with Crippen LogP contribution in [-0.4, -0.2) is 11.1 Å². The van der Waals surface area contributed by atoms with Gasteiger partial charge < -0.3 is 9.52 Å². The molecule has 3 nitrogen and oxygen atoms in total. The predicted molar refractivity (Wildman–Crippen MR) is 38.0 cm³/mol. The van der Waals surface area contributed by atoms with Crippen molar-refractivity contribution in [3.8, 4) is 11.8 Å². The van der Waals surface area contributed by atoms with Crippen molar-refractivity contribution in [2.75, 3.05) is 0 Å². The molecule has 0 aliphatic heterocycles. The number of carbonyl (C=O) groups is 1. The number of hydrogen-bond donors (Lipinski definition) is 1. The van der Waals surface area contributed by atoms with Crippen LogP contribution in [0.15, 0.2) is 16.7 Å². The minimum atomic E-state index is -1.14. The van der Waals surface area contributed by atoms with Crippen molar-refractivity contribution in [2.24, 2.45) is 0 Å². The van der Waals surface area contributed by atoms with Crippen LogP contribution < -0.4 is 0 Å². The molecule has 56 valence electrons. The first-order chi connectivity index (χ1) is 5.18. The number of carboxylic acids is 1. The normalized spacial score (nSPS) is 8.45. The number of aryl methyl sites for hydroxylation is 1. The van der Waals surface area contributed by atoms with Crippen LogP contribution in [0.3, 0.4) is 0 Å². The molecule has 0 aromatic carbocycles. The van der Waals surface area contributed by atoms with Crippen molar-refractivity contribution in [2.45, 2.75) is 6.92 Å². The van der Waals surface area contributed by atoms with Gasteiger partial charge in [-0.2, -0.15) is 0 Å². The summed E-state index contributed by atoms with van der Waals surface area (Å²) >= 11 is 0. The molecule has 11 heavy (non-hydrogen) atoms. The summed E-state index contributed by atoms with van der Waals surface area (Å²) in [5.41, 5.74) is 0.588. The van der Waals surface area contributed by atoms with E-state index in [1.807, 2.05) is 5.92 Å². The van der Waals surface area contributed by atoms with E-state index in [2.05, 4.69) is 5.92 Å². The van der Waals surface area contributed by atoms with E-state index in [0.717, 1.165) is 5.76 Å². The Kier molecular flexibility index (Phi) is 1.98. The number of hydrogen-bond acceptors (Lipinski definition) is 2. The lowest BCUT2D eigenvalue weighted by Gasteiger charge is -1.72. The number of furan rings is 1. The second-order valence-corrected chi connectivity index (χ2v) is 2.00. The average molecular weight is 150 g/mol. The largest absolute Gasteiger partial charge is 0.472 e. The predicted octanol–water partition coefficient (Wildman–Crippen LogP) is 1.02. The molecule has 0 unspecified atom stereocenters. The SMILES string of the molecule is Cc1cc(C#CC(=O)O)co1. The van der Waals surface area contributed by atoms with E-state index in [-0.39, 0.29) is 0 Å². The second kappa shape index (κ2) is 2.93. The molecule has 0 aliphatic carbocycles. The summed E-state index contributed by atoms with van der Waals surface area (Å²) < 4.78 is 4.90. The summed E-state index contributed by atoms with van der Waals surface area (Å²) in [6.07, 6.45) is 1.42. The van der Waals surface area contributed by atoms with Crippen molar-refractivity contribution < 1.29 is 14.3 Å². The topological polar surface area (TPSA) is 50.4 Å². The van der Waals surface area contributed by atoms with Crippen LogP contribution >= 0.6 is 0 Å². The fourth-order valence-electron chi connectivity index (χ4n) is 0.635. The zero-order valence-electron chi connectivity index (χ0n) is 5.92.